The molecule has 0 aliphatic rings. The molecule has 1 aromatic rings. The van der Waals surface area contributed by atoms with Crippen LogP contribution in [0.4, 0.5) is 0 Å². The second-order valence-electron chi connectivity index (χ2n) is 3.61. The molecule has 0 aromatic heterocycles. The van der Waals surface area contributed by atoms with E-state index in [1.54, 1.807) is 14.2 Å². The molecule has 16 heavy (non-hydrogen) atoms. The molecule has 0 radical (unpaired) electrons. The molecule has 0 saturated carbocycles. The van der Waals surface area contributed by atoms with E-state index in [-0.39, 0.29) is 0 Å². The number of benzene rings is 1. The zero-order chi connectivity index (χ0) is 12.0. The molecule has 0 spiro atoms. The van der Waals surface area contributed by atoms with Crippen molar-refractivity contribution in [1.29, 1.82) is 0 Å². The van der Waals surface area contributed by atoms with Gasteiger partial charge in [0.05, 0.1) is 14.2 Å². The summed E-state index contributed by atoms with van der Waals surface area (Å²) in [7, 11) is 3.25. The molecule has 0 heterocycles. The number of aryl methyl sites for hydroxylation is 1. The summed E-state index contributed by atoms with van der Waals surface area (Å²) in [6.07, 6.45) is 8.75. The Labute approximate surface area is 97.6 Å². The molecular formula is C14H18O2. The van der Waals surface area contributed by atoms with Gasteiger partial charge in [0.2, 0.25) is 0 Å². The van der Waals surface area contributed by atoms with Gasteiger partial charge in [-0.3, -0.25) is 0 Å². The predicted octanol–water partition coefficient (Wildman–Crippen LogP) is 3.03. The van der Waals surface area contributed by atoms with E-state index >= 15 is 0 Å². The second-order valence-corrected chi connectivity index (χ2v) is 3.61. The standard InChI is InChI=1S/C14H18O2/c1-5-7-8-12-10-14(16-4)13(15-3)9-11(12)6-2/h2,9-10H,5,7-8H2,1,3-4H3. The van der Waals surface area contributed by atoms with E-state index in [2.05, 4.69) is 12.8 Å². The van der Waals surface area contributed by atoms with Gasteiger partial charge in [0, 0.05) is 5.56 Å². The normalized spacial score (nSPS) is 9.62. The van der Waals surface area contributed by atoms with E-state index in [9.17, 15) is 0 Å². The maximum absolute atomic E-state index is 5.49. The third kappa shape index (κ3) is 2.70. The first kappa shape index (κ1) is 12.4. The molecule has 0 atom stereocenters. The van der Waals surface area contributed by atoms with Crippen LogP contribution < -0.4 is 9.47 Å². The summed E-state index contributed by atoms with van der Waals surface area (Å²) in [5.74, 6) is 4.13. The maximum atomic E-state index is 5.49. The third-order valence-electron chi connectivity index (χ3n) is 2.56. The molecule has 0 saturated heterocycles. The van der Waals surface area contributed by atoms with Crippen molar-refractivity contribution in [3.63, 3.8) is 0 Å². The van der Waals surface area contributed by atoms with Crippen LogP contribution in [0.15, 0.2) is 12.1 Å². The third-order valence-corrected chi connectivity index (χ3v) is 2.56. The van der Waals surface area contributed by atoms with Crippen LogP contribution in [0, 0.1) is 12.3 Å². The van der Waals surface area contributed by atoms with Gasteiger partial charge in [-0.05, 0) is 30.5 Å². The van der Waals surface area contributed by atoms with Crippen molar-refractivity contribution in [2.75, 3.05) is 14.2 Å². The fourth-order valence-electron chi connectivity index (χ4n) is 1.63. The topological polar surface area (TPSA) is 18.5 Å². The highest BCUT2D eigenvalue weighted by molar-refractivity contribution is 5.52. The monoisotopic (exact) mass is 218 g/mol. The first-order chi connectivity index (χ1) is 7.76. The molecule has 0 bridgehead atoms. The molecule has 1 rings (SSSR count). The Bertz CT molecular complexity index is 388. The number of unbranched alkanes of at least 4 members (excludes halogenated alkanes) is 1. The largest absolute Gasteiger partial charge is 0.493 e. The molecule has 0 aliphatic carbocycles. The number of rotatable bonds is 5. The number of hydrogen-bond acceptors (Lipinski definition) is 2. The van der Waals surface area contributed by atoms with Gasteiger partial charge in [-0.25, -0.2) is 0 Å². The number of hydrogen-bond donors (Lipinski definition) is 0. The summed E-state index contributed by atoms with van der Waals surface area (Å²) >= 11 is 0. The lowest BCUT2D eigenvalue weighted by Gasteiger charge is -2.11. The summed E-state index contributed by atoms with van der Waals surface area (Å²) in [5, 5.41) is 0. The van der Waals surface area contributed by atoms with Crippen molar-refractivity contribution in [3.8, 4) is 23.8 Å². The van der Waals surface area contributed by atoms with Crippen molar-refractivity contribution in [3.05, 3.63) is 23.3 Å². The first-order valence-corrected chi connectivity index (χ1v) is 5.48. The lowest BCUT2D eigenvalue weighted by atomic mass is 10.0. The van der Waals surface area contributed by atoms with E-state index in [1.807, 2.05) is 12.1 Å². The van der Waals surface area contributed by atoms with E-state index in [0.717, 1.165) is 36.1 Å². The molecule has 1 aromatic carbocycles. The Balaban J connectivity index is 3.11. The molecule has 0 unspecified atom stereocenters. The first-order valence-electron chi connectivity index (χ1n) is 5.48. The van der Waals surface area contributed by atoms with Gasteiger partial charge in [-0.1, -0.05) is 19.3 Å². The van der Waals surface area contributed by atoms with Crippen LogP contribution in [0.3, 0.4) is 0 Å². The van der Waals surface area contributed by atoms with E-state index in [4.69, 9.17) is 15.9 Å². The second kappa shape index (κ2) is 6.07. The molecule has 2 heteroatoms. The fourth-order valence-corrected chi connectivity index (χ4v) is 1.63. The molecular weight excluding hydrogens is 200 g/mol. The number of ether oxygens (including phenoxy) is 2. The Morgan fingerprint density at radius 3 is 2.31 bits per heavy atom. The van der Waals surface area contributed by atoms with Gasteiger partial charge in [0.15, 0.2) is 11.5 Å². The minimum Gasteiger partial charge on any atom is -0.493 e. The predicted molar refractivity (Wildman–Crippen MR) is 66.1 cm³/mol. The van der Waals surface area contributed by atoms with Crippen molar-refractivity contribution < 1.29 is 9.47 Å². The highest BCUT2D eigenvalue weighted by Crippen LogP contribution is 2.30. The lowest BCUT2D eigenvalue weighted by molar-refractivity contribution is 0.354. The molecule has 0 aliphatic heterocycles. The zero-order valence-electron chi connectivity index (χ0n) is 10.2. The Kier molecular flexibility index (Phi) is 4.72. The average Bonchev–Trinajstić information content (AvgIpc) is 2.35. The average molecular weight is 218 g/mol. The lowest BCUT2D eigenvalue weighted by Crippen LogP contribution is -1.96. The molecule has 86 valence electrons. The quantitative estimate of drug-likeness (QED) is 0.707. The smallest absolute Gasteiger partial charge is 0.161 e. The summed E-state index contributed by atoms with van der Waals surface area (Å²) in [6, 6.07) is 3.84. The van der Waals surface area contributed by atoms with Crippen LogP contribution in [-0.4, -0.2) is 14.2 Å². The summed E-state index contributed by atoms with van der Waals surface area (Å²) in [5.41, 5.74) is 2.05. The Morgan fingerprint density at radius 2 is 1.81 bits per heavy atom. The van der Waals surface area contributed by atoms with Crippen molar-refractivity contribution in [1.82, 2.24) is 0 Å². The van der Waals surface area contributed by atoms with Gasteiger partial charge in [-0.2, -0.15) is 0 Å². The van der Waals surface area contributed by atoms with Crippen LogP contribution in [0.1, 0.15) is 30.9 Å². The fraction of sp³-hybridized carbons (Fsp3) is 0.429. The molecule has 0 fully saturated rings. The minimum absolute atomic E-state index is 0.690. The highest BCUT2D eigenvalue weighted by atomic mass is 16.5. The van der Waals surface area contributed by atoms with Crippen molar-refractivity contribution >= 4 is 0 Å². The summed E-state index contributed by atoms with van der Waals surface area (Å²) in [6.45, 7) is 2.16. The number of methoxy groups -OCH3 is 2. The van der Waals surface area contributed by atoms with Gasteiger partial charge in [-0.15, -0.1) is 6.42 Å². The van der Waals surface area contributed by atoms with Crippen LogP contribution in [-0.2, 0) is 6.42 Å². The zero-order valence-corrected chi connectivity index (χ0v) is 10.2. The highest BCUT2D eigenvalue weighted by Gasteiger charge is 2.09. The van der Waals surface area contributed by atoms with Crippen LogP contribution >= 0.6 is 0 Å². The number of terminal acetylenes is 1. The van der Waals surface area contributed by atoms with Crippen LogP contribution in [0.25, 0.3) is 0 Å². The van der Waals surface area contributed by atoms with Crippen LogP contribution in [0.2, 0.25) is 0 Å². The van der Waals surface area contributed by atoms with Gasteiger partial charge in [0.25, 0.3) is 0 Å². The molecule has 0 N–H and O–H groups in total. The van der Waals surface area contributed by atoms with E-state index in [0.29, 0.717) is 5.75 Å². The van der Waals surface area contributed by atoms with Gasteiger partial charge in [0.1, 0.15) is 0 Å². The van der Waals surface area contributed by atoms with Gasteiger partial charge >= 0.3 is 0 Å². The van der Waals surface area contributed by atoms with Crippen molar-refractivity contribution in [2.24, 2.45) is 0 Å². The van der Waals surface area contributed by atoms with E-state index in [1.165, 1.54) is 0 Å². The van der Waals surface area contributed by atoms with Gasteiger partial charge < -0.3 is 9.47 Å². The SMILES string of the molecule is C#Cc1cc(OC)c(OC)cc1CCCC. The van der Waals surface area contributed by atoms with E-state index < -0.39 is 0 Å². The molecule has 0 amide bonds. The Hall–Kier alpha value is -1.62. The van der Waals surface area contributed by atoms with Crippen molar-refractivity contribution in [2.45, 2.75) is 26.2 Å². The van der Waals surface area contributed by atoms with Crippen LogP contribution in [0.5, 0.6) is 11.5 Å². The molecule has 2 nitrogen and oxygen atoms in total. The maximum Gasteiger partial charge on any atom is 0.161 e. The summed E-state index contributed by atoms with van der Waals surface area (Å²) < 4.78 is 10.5. The summed E-state index contributed by atoms with van der Waals surface area (Å²) in [4.78, 5) is 0. The Morgan fingerprint density at radius 1 is 1.19 bits per heavy atom. The minimum atomic E-state index is 0.690.